The van der Waals surface area contributed by atoms with Crippen LogP contribution in [0.5, 0.6) is 0 Å². The largest absolute Gasteiger partial charge is 0.385 e. The summed E-state index contributed by atoms with van der Waals surface area (Å²) < 4.78 is 5.13. The van der Waals surface area contributed by atoms with E-state index < -0.39 is 0 Å². The highest BCUT2D eigenvalue weighted by atomic mass is 16.5. The molecular formula is C15H25NO. The lowest BCUT2D eigenvalue weighted by Gasteiger charge is -2.32. The van der Waals surface area contributed by atoms with Gasteiger partial charge in [0.25, 0.3) is 0 Å². The molecule has 0 aliphatic rings. The lowest BCUT2D eigenvalue weighted by molar-refractivity contribution is 0.159. The van der Waals surface area contributed by atoms with Gasteiger partial charge in [0.2, 0.25) is 0 Å². The highest BCUT2D eigenvalue weighted by Gasteiger charge is 2.28. The summed E-state index contributed by atoms with van der Waals surface area (Å²) >= 11 is 0. The van der Waals surface area contributed by atoms with E-state index in [9.17, 15) is 0 Å². The molecule has 0 radical (unpaired) electrons. The average Bonchev–Trinajstić information content (AvgIpc) is 2.29. The van der Waals surface area contributed by atoms with Crippen LogP contribution in [0.1, 0.15) is 37.0 Å². The summed E-state index contributed by atoms with van der Waals surface area (Å²) in [6.45, 7) is 9.32. The van der Waals surface area contributed by atoms with Crippen LogP contribution in [-0.2, 0) is 10.3 Å². The quantitative estimate of drug-likeness (QED) is 0.851. The molecule has 0 aliphatic heterocycles. The lowest BCUT2D eigenvalue weighted by atomic mass is 9.79. The highest BCUT2D eigenvalue weighted by molar-refractivity contribution is 5.34. The van der Waals surface area contributed by atoms with E-state index in [4.69, 9.17) is 10.5 Å². The second-order valence-corrected chi connectivity index (χ2v) is 5.26. The molecule has 0 amide bonds. The summed E-state index contributed by atoms with van der Waals surface area (Å²) in [7, 11) is 1.73. The Labute approximate surface area is 105 Å². The molecule has 0 saturated carbocycles. The van der Waals surface area contributed by atoms with Crippen LogP contribution < -0.4 is 5.73 Å². The third-order valence-electron chi connectivity index (χ3n) is 3.91. The third-order valence-corrected chi connectivity index (χ3v) is 3.91. The molecule has 1 aromatic rings. The predicted octanol–water partition coefficient (Wildman–Crippen LogP) is 3.15. The van der Waals surface area contributed by atoms with Gasteiger partial charge in [0.05, 0.1) is 0 Å². The first-order chi connectivity index (χ1) is 7.89. The predicted molar refractivity (Wildman–Crippen MR) is 73.1 cm³/mol. The van der Waals surface area contributed by atoms with E-state index in [2.05, 4.69) is 45.9 Å². The van der Waals surface area contributed by atoms with Gasteiger partial charge in [-0.05, 0) is 49.8 Å². The smallest absolute Gasteiger partial charge is 0.0465 e. The number of nitrogens with two attached hydrogens (primary N) is 1. The molecule has 96 valence electrons. The minimum absolute atomic E-state index is 0.295. The van der Waals surface area contributed by atoms with Gasteiger partial charge < -0.3 is 10.5 Å². The number of methoxy groups -OCH3 is 1. The van der Waals surface area contributed by atoms with Crippen LogP contribution in [0.4, 0.5) is 0 Å². The van der Waals surface area contributed by atoms with E-state index in [1.165, 1.54) is 16.7 Å². The maximum atomic E-state index is 6.49. The first kappa shape index (κ1) is 14.2. The lowest BCUT2D eigenvalue weighted by Crippen LogP contribution is -2.40. The van der Waals surface area contributed by atoms with Gasteiger partial charge >= 0.3 is 0 Å². The number of hydrogen-bond donors (Lipinski definition) is 1. The molecule has 2 atom stereocenters. The molecule has 2 unspecified atom stereocenters. The molecule has 0 heterocycles. The zero-order chi connectivity index (χ0) is 13.1. The number of rotatable bonds is 5. The van der Waals surface area contributed by atoms with Gasteiger partial charge in [-0.2, -0.15) is 0 Å². The van der Waals surface area contributed by atoms with E-state index in [0.29, 0.717) is 5.92 Å². The normalized spacial score (nSPS) is 16.6. The maximum Gasteiger partial charge on any atom is 0.0465 e. The van der Waals surface area contributed by atoms with Crippen molar-refractivity contribution in [3.63, 3.8) is 0 Å². The zero-order valence-corrected chi connectivity index (χ0v) is 11.7. The van der Waals surface area contributed by atoms with E-state index in [-0.39, 0.29) is 5.54 Å². The standard InChI is InChI=1S/C15H25NO/c1-11-6-7-14(10-12(11)2)15(4,16)13(3)8-9-17-5/h6-7,10,13H,8-9,16H2,1-5H3. The van der Waals surface area contributed by atoms with Crippen LogP contribution in [0, 0.1) is 19.8 Å². The van der Waals surface area contributed by atoms with Crippen LogP contribution in [0.2, 0.25) is 0 Å². The van der Waals surface area contributed by atoms with Crippen molar-refractivity contribution >= 4 is 0 Å². The Hall–Kier alpha value is -0.860. The van der Waals surface area contributed by atoms with Gasteiger partial charge in [-0.15, -0.1) is 0 Å². The van der Waals surface area contributed by atoms with E-state index in [1.807, 2.05) is 0 Å². The average molecular weight is 235 g/mol. The molecule has 0 aromatic heterocycles. The molecule has 1 aromatic carbocycles. The third kappa shape index (κ3) is 3.30. The number of benzene rings is 1. The maximum absolute atomic E-state index is 6.49. The number of hydrogen-bond acceptors (Lipinski definition) is 2. The van der Waals surface area contributed by atoms with Gasteiger partial charge in [0.15, 0.2) is 0 Å². The second kappa shape index (κ2) is 5.65. The van der Waals surface area contributed by atoms with E-state index in [0.717, 1.165) is 13.0 Å². The van der Waals surface area contributed by atoms with E-state index in [1.54, 1.807) is 7.11 Å². The molecule has 1 rings (SSSR count). The Morgan fingerprint density at radius 1 is 1.29 bits per heavy atom. The molecule has 0 saturated heterocycles. The van der Waals surface area contributed by atoms with Crippen molar-refractivity contribution in [3.8, 4) is 0 Å². The molecule has 0 bridgehead atoms. The van der Waals surface area contributed by atoms with Crippen molar-refractivity contribution in [2.45, 2.75) is 39.7 Å². The van der Waals surface area contributed by atoms with Crippen molar-refractivity contribution in [1.29, 1.82) is 0 Å². The summed E-state index contributed by atoms with van der Waals surface area (Å²) in [4.78, 5) is 0. The minimum Gasteiger partial charge on any atom is -0.385 e. The van der Waals surface area contributed by atoms with Crippen molar-refractivity contribution in [2.24, 2.45) is 11.7 Å². The van der Waals surface area contributed by atoms with Crippen molar-refractivity contribution < 1.29 is 4.74 Å². The molecular weight excluding hydrogens is 210 g/mol. The van der Waals surface area contributed by atoms with Crippen molar-refractivity contribution in [1.82, 2.24) is 0 Å². The molecule has 0 spiro atoms. The van der Waals surface area contributed by atoms with Gasteiger partial charge in [0.1, 0.15) is 0 Å². The molecule has 0 aliphatic carbocycles. The van der Waals surface area contributed by atoms with Gasteiger partial charge in [-0.1, -0.05) is 25.1 Å². The van der Waals surface area contributed by atoms with Crippen LogP contribution >= 0.6 is 0 Å². The van der Waals surface area contributed by atoms with Crippen LogP contribution in [-0.4, -0.2) is 13.7 Å². The summed E-state index contributed by atoms with van der Waals surface area (Å²) in [6, 6.07) is 6.50. The first-order valence-corrected chi connectivity index (χ1v) is 6.25. The molecule has 0 fully saturated rings. The zero-order valence-electron chi connectivity index (χ0n) is 11.7. The van der Waals surface area contributed by atoms with Crippen molar-refractivity contribution in [3.05, 3.63) is 34.9 Å². The fourth-order valence-corrected chi connectivity index (χ4v) is 1.96. The number of aryl methyl sites for hydroxylation is 2. The summed E-state index contributed by atoms with van der Waals surface area (Å²) in [5, 5.41) is 0. The van der Waals surface area contributed by atoms with Crippen LogP contribution in [0.25, 0.3) is 0 Å². The fraction of sp³-hybridized carbons (Fsp3) is 0.600. The SMILES string of the molecule is COCCC(C)C(C)(N)c1ccc(C)c(C)c1. The van der Waals surface area contributed by atoms with E-state index >= 15 is 0 Å². The van der Waals surface area contributed by atoms with Crippen LogP contribution in [0.15, 0.2) is 18.2 Å². The minimum atomic E-state index is -0.295. The van der Waals surface area contributed by atoms with Gasteiger partial charge in [-0.25, -0.2) is 0 Å². The Morgan fingerprint density at radius 3 is 2.47 bits per heavy atom. The monoisotopic (exact) mass is 235 g/mol. The highest BCUT2D eigenvalue weighted by Crippen LogP contribution is 2.29. The molecule has 2 N–H and O–H groups in total. The summed E-state index contributed by atoms with van der Waals surface area (Å²) in [5.41, 5.74) is 10.0. The summed E-state index contributed by atoms with van der Waals surface area (Å²) in [6.07, 6.45) is 0.983. The van der Waals surface area contributed by atoms with Gasteiger partial charge in [0, 0.05) is 19.3 Å². The topological polar surface area (TPSA) is 35.2 Å². The van der Waals surface area contributed by atoms with Crippen molar-refractivity contribution in [2.75, 3.05) is 13.7 Å². The Bertz CT molecular complexity index is 371. The molecule has 17 heavy (non-hydrogen) atoms. The Balaban J connectivity index is 2.91. The van der Waals surface area contributed by atoms with Crippen LogP contribution in [0.3, 0.4) is 0 Å². The molecule has 2 nitrogen and oxygen atoms in total. The fourth-order valence-electron chi connectivity index (χ4n) is 1.96. The van der Waals surface area contributed by atoms with Gasteiger partial charge in [-0.3, -0.25) is 0 Å². The molecule has 2 heteroatoms. The number of ether oxygens (including phenoxy) is 1. The Kier molecular flexibility index (Phi) is 4.72. The Morgan fingerprint density at radius 2 is 1.94 bits per heavy atom. The second-order valence-electron chi connectivity index (χ2n) is 5.26. The summed E-state index contributed by atoms with van der Waals surface area (Å²) in [5.74, 6) is 0.393. The first-order valence-electron chi connectivity index (χ1n) is 6.25.